The van der Waals surface area contributed by atoms with Crippen molar-refractivity contribution in [2.75, 3.05) is 0 Å². The average molecular weight is 458 g/mol. The number of carbonyl (C=O) groups is 3. The summed E-state index contributed by atoms with van der Waals surface area (Å²) in [5, 5.41) is 17.5. The molecule has 9 nitrogen and oxygen atoms in total. The van der Waals surface area contributed by atoms with E-state index < -0.39 is 23.9 Å². The fourth-order valence-electron chi connectivity index (χ4n) is 3.57. The van der Waals surface area contributed by atoms with Gasteiger partial charge in [-0.05, 0) is 42.8 Å². The van der Waals surface area contributed by atoms with Gasteiger partial charge in [0, 0.05) is 18.7 Å². The number of nitrogens with one attached hydrogen (secondary N) is 1. The van der Waals surface area contributed by atoms with Crippen molar-refractivity contribution >= 4 is 28.7 Å². The van der Waals surface area contributed by atoms with Gasteiger partial charge in [0.15, 0.2) is 5.82 Å². The highest BCUT2D eigenvalue weighted by Gasteiger charge is 2.24. The first kappa shape index (κ1) is 22.7. The third kappa shape index (κ3) is 4.93. The molecule has 0 saturated heterocycles. The first-order valence-corrected chi connectivity index (χ1v) is 10.5. The van der Waals surface area contributed by atoms with E-state index in [0.717, 1.165) is 10.9 Å². The summed E-state index contributed by atoms with van der Waals surface area (Å²) in [5.74, 6) is -1.25. The Balaban J connectivity index is 1.50. The van der Waals surface area contributed by atoms with E-state index >= 15 is 0 Å². The molecule has 1 atom stereocenters. The topological polar surface area (TPSA) is 123 Å². The molecule has 9 heteroatoms. The lowest BCUT2D eigenvalue weighted by Crippen LogP contribution is -2.42. The Bertz CT molecular complexity index is 1380. The molecule has 0 bridgehead atoms. The highest BCUT2D eigenvalue weighted by molar-refractivity contribution is 5.97. The number of carboxylic acids is 1. The van der Waals surface area contributed by atoms with Crippen LogP contribution >= 0.6 is 0 Å². The molecule has 2 N–H and O–H groups in total. The summed E-state index contributed by atoms with van der Waals surface area (Å²) in [5.41, 5.74) is 2.25. The lowest BCUT2D eigenvalue weighted by Gasteiger charge is -2.15. The predicted octanol–water partition coefficient (Wildman–Crippen LogP) is 3.08. The van der Waals surface area contributed by atoms with Crippen molar-refractivity contribution in [1.82, 2.24) is 20.1 Å². The van der Waals surface area contributed by atoms with E-state index in [1.807, 2.05) is 36.4 Å². The summed E-state index contributed by atoms with van der Waals surface area (Å²) in [6, 6.07) is 16.7. The number of benzene rings is 2. The molecule has 172 valence electrons. The number of esters is 1. The Morgan fingerprint density at radius 1 is 1.06 bits per heavy atom. The van der Waals surface area contributed by atoms with Crippen LogP contribution in [0.25, 0.3) is 16.7 Å². The second-order valence-corrected chi connectivity index (χ2v) is 7.72. The van der Waals surface area contributed by atoms with Gasteiger partial charge in [0.1, 0.15) is 11.8 Å². The maximum absolute atomic E-state index is 12.9. The average Bonchev–Trinajstić information content (AvgIpc) is 3.20. The third-order valence-corrected chi connectivity index (χ3v) is 5.28. The molecule has 34 heavy (non-hydrogen) atoms. The van der Waals surface area contributed by atoms with Gasteiger partial charge in [0.05, 0.1) is 23.0 Å². The maximum Gasteiger partial charge on any atom is 0.326 e. The van der Waals surface area contributed by atoms with E-state index in [1.165, 1.54) is 13.1 Å². The quantitative estimate of drug-likeness (QED) is 0.322. The number of pyridine rings is 1. The van der Waals surface area contributed by atoms with Crippen LogP contribution in [0.1, 0.15) is 28.5 Å². The molecule has 0 radical (unpaired) electrons. The number of ether oxygens (including phenoxy) is 1. The number of hydrogen-bond donors (Lipinski definition) is 2. The Morgan fingerprint density at radius 2 is 1.79 bits per heavy atom. The van der Waals surface area contributed by atoms with Gasteiger partial charge in [-0.15, -0.1) is 0 Å². The standard InChI is InChI=1S/C25H22N4O5/c1-15-20(14-26-29(15)23-12-9-18-5-3-4-6-21(18)27-23)24(31)28-22(25(32)33)13-17-7-10-19(11-8-17)34-16(2)30/h3-12,14,22H,13H2,1-2H3,(H,28,31)(H,32,33). The largest absolute Gasteiger partial charge is 0.480 e. The molecule has 2 aromatic carbocycles. The number of aliphatic carboxylic acids is 1. The van der Waals surface area contributed by atoms with Gasteiger partial charge >= 0.3 is 11.9 Å². The van der Waals surface area contributed by atoms with Crippen LogP contribution in [-0.4, -0.2) is 43.8 Å². The van der Waals surface area contributed by atoms with Crippen molar-refractivity contribution in [3.63, 3.8) is 0 Å². The molecule has 4 rings (SSSR count). The third-order valence-electron chi connectivity index (χ3n) is 5.28. The highest BCUT2D eigenvalue weighted by atomic mass is 16.5. The molecule has 2 heterocycles. The number of hydrogen-bond acceptors (Lipinski definition) is 6. The monoisotopic (exact) mass is 458 g/mol. The van der Waals surface area contributed by atoms with Crippen molar-refractivity contribution in [3.05, 3.63) is 83.7 Å². The summed E-state index contributed by atoms with van der Waals surface area (Å²) < 4.78 is 6.53. The lowest BCUT2D eigenvalue weighted by atomic mass is 10.1. The summed E-state index contributed by atoms with van der Waals surface area (Å²) in [7, 11) is 0. The molecule has 0 aliphatic heterocycles. The fourth-order valence-corrected chi connectivity index (χ4v) is 3.57. The highest BCUT2D eigenvalue weighted by Crippen LogP contribution is 2.18. The summed E-state index contributed by atoms with van der Waals surface area (Å²) in [6.45, 7) is 3.02. The second kappa shape index (κ2) is 9.53. The number of fused-ring (bicyclic) bond motifs is 1. The van der Waals surface area contributed by atoms with Gasteiger partial charge in [-0.25, -0.2) is 14.5 Å². The van der Waals surface area contributed by atoms with Crippen LogP contribution < -0.4 is 10.1 Å². The minimum Gasteiger partial charge on any atom is -0.480 e. The number of nitrogens with zero attached hydrogens (tertiary/aromatic N) is 3. The summed E-state index contributed by atoms with van der Waals surface area (Å²) >= 11 is 0. The van der Waals surface area contributed by atoms with Crippen LogP contribution in [0.5, 0.6) is 5.75 Å². The van der Waals surface area contributed by atoms with Gasteiger partial charge in [0.25, 0.3) is 5.91 Å². The molecule has 2 aromatic heterocycles. The number of carboxylic acid groups (broad SMARTS) is 1. The van der Waals surface area contributed by atoms with Gasteiger partial charge in [-0.2, -0.15) is 5.10 Å². The van der Waals surface area contributed by atoms with Crippen molar-refractivity contribution < 1.29 is 24.2 Å². The van der Waals surface area contributed by atoms with Gasteiger partial charge in [-0.3, -0.25) is 9.59 Å². The molecular weight excluding hydrogens is 436 g/mol. The molecule has 0 aliphatic carbocycles. The van der Waals surface area contributed by atoms with Gasteiger partial charge in [-0.1, -0.05) is 30.3 Å². The van der Waals surface area contributed by atoms with E-state index in [0.29, 0.717) is 22.8 Å². The lowest BCUT2D eigenvalue weighted by molar-refractivity contribution is -0.139. The zero-order valence-electron chi connectivity index (χ0n) is 18.6. The molecule has 0 aliphatic rings. The SMILES string of the molecule is CC(=O)Oc1ccc(CC(NC(=O)c2cnn(-c3ccc4ccccc4n3)c2C)C(=O)O)cc1. The first-order valence-electron chi connectivity index (χ1n) is 10.5. The molecule has 0 saturated carbocycles. The number of amides is 1. The molecule has 4 aromatic rings. The minimum atomic E-state index is -1.17. The number of rotatable bonds is 7. The van der Waals surface area contributed by atoms with Gasteiger partial charge < -0.3 is 15.2 Å². The second-order valence-electron chi connectivity index (χ2n) is 7.72. The zero-order valence-corrected chi connectivity index (χ0v) is 18.6. The summed E-state index contributed by atoms with van der Waals surface area (Å²) in [6.07, 6.45) is 1.45. The van der Waals surface area contributed by atoms with Crippen molar-refractivity contribution in [2.24, 2.45) is 0 Å². The molecule has 1 unspecified atom stereocenters. The Morgan fingerprint density at radius 3 is 2.50 bits per heavy atom. The van der Waals surface area contributed by atoms with Crippen LogP contribution in [0.4, 0.5) is 0 Å². The normalized spacial score (nSPS) is 11.7. The minimum absolute atomic E-state index is 0.0564. The number of aromatic nitrogens is 3. The Kier molecular flexibility index (Phi) is 6.35. The van der Waals surface area contributed by atoms with Crippen molar-refractivity contribution in [2.45, 2.75) is 26.3 Å². The predicted molar refractivity (Wildman–Crippen MR) is 124 cm³/mol. The smallest absolute Gasteiger partial charge is 0.326 e. The van der Waals surface area contributed by atoms with E-state index in [4.69, 9.17) is 4.74 Å². The molecular formula is C25H22N4O5. The van der Waals surface area contributed by atoms with E-state index in [1.54, 1.807) is 35.9 Å². The van der Waals surface area contributed by atoms with Gasteiger partial charge in [0.2, 0.25) is 0 Å². The van der Waals surface area contributed by atoms with Crippen LogP contribution in [0.3, 0.4) is 0 Å². The zero-order chi connectivity index (χ0) is 24.2. The van der Waals surface area contributed by atoms with Crippen molar-refractivity contribution in [1.29, 1.82) is 0 Å². The number of carbonyl (C=O) groups excluding carboxylic acids is 2. The molecule has 1 amide bonds. The van der Waals surface area contributed by atoms with Crippen molar-refractivity contribution in [3.8, 4) is 11.6 Å². The van der Waals surface area contributed by atoms with Crippen LogP contribution in [0.15, 0.2) is 66.9 Å². The Hall–Kier alpha value is -4.53. The fraction of sp³-hybridized carbons (Fsp3) is 0.160. The number of para-hydroxylation sites is 1. The molecule has 0 fully saturated rings. The van der Waals surface area contributed by atoms with E-state index in [2.05, 4.69) is 15.4 Å². The maximum atomic E-state index is 12.9. The van der Waals surface area contributed by atoms with Crippen LogP contribution in [0, 0.1) is 6.92 Å². The molecule has 0 spiro atoms. The van der Waals surface area contributed by atoms with E-state index in [-0.39, 0.29) is 12.0 Å². The van der Waals surface area contributed by atoms with Crippen LogP contribution in [-0.2, 0) is 16.0 Å². The van der Waals surface area contributed by atoms with Crippen LogP contribution in [0.2, 0.25) is 0 Å². The first-order chi connectivity index (χ1) is 16.3. The van der Waals surface area contributed by atoms with E-state index in [9.17, 15) is 19.5 Å². The Labute approximate surface area is 195 Å². The summed E-state index contributed by atoms with van der Waals surface area (Å²) in [4.78, 5) is 40.3.